The van der Waals surface area contributed by atoms with E-state index in [1.165, 1.54) is 19.2 Å². The van der Waals surface area contributed by atoms with Gasteiger partial charge in [-0.2, -0.15) is 0 Å². The van der Waals surface area contributed by atoms with Gasteiger partial charge in [0.15, 0.2) is 9.84 Å². The van der Waals surface area contributed by atoms with Crippen LogP contribution in [0.25, 0.3) is 0 Å². The van der Waals surface area contributed by atoms with Crippen LogP contribution in [0.2, 0.25) is 5.02 Å². The fraction of sp³-hybridized carbons (Fsp3) is 0.300. The molecule has 88 valence electrons. The van der Waals surface area contributed by atoms with Crippen LogP contribution in [0.4, 0.5) is 0 Å². The number of benzene rings is 1. The van der Waals surface area contributed by atoms with E-state index in [1.807, 2.05) is 0 Å². The fourth-order valence-electron chi connectivity index (χ4n) is 1.24. The first-order valence-corrected chi connectivity index (χ1v) is 6.63. The third-order valence-electron chi connectivity index (χ3n) is 2.04. The Morgan fingerprint density at radius 2 is 1.94 bits per heavy atom. The van der Waals surface area contributed by atoms with Gasteiger partial charge in [0.2, 0.25) is 0 Å². The number of hydrogen-bond donors (Lipinski definition) is 0. The van der Waals surface area contributed by atoms with Crippen LogP contribution in [0.3, 0.4) is 0 Å². The third-order valence-corrected chi connectivity index (χ3v) is 3.78. The molecule has 4 nitrogen and oxygen atoms in total. The van der Waals surface area contributed by atoms with Crippen LogP contribution < -0.4 is 0 Å². The Morgan fingerprint density at radius 3 is 2.38 bits per heavy atom. The standard InChI is InChI=1S/C10H11ClO4S/c1-6-4-7(10(12)15-2)5-8(9(6)11)16(3,13)14/h4-5H,1-3H3. The fourth-order valence-corrected chi connectivity index (χ4v) is 2.60. The Labute approximate surface area is 99.1 Å². The highest BCUT2D eigenvalue weighted by Crippen LogP contribution is 2.26. The van der Waals surface area contributed by atoms with Gasteiger partial charge in [-0.25, -0.2) is 13.2 Å². The summed E-state index contributed by atoms with van der Waals surface area (Å²) in [4.78, 5) is 11.2. The number of sulfone groups is 1. The minimum Gasteiger partial charge on any atom is -0.465 e. The first kappa shape index (κ1) is 13.0. The molecule has 0 atom stereocenters. The molecule has 16 heavy (non-hydrogen) atoms. The van der Waals surface area contributed by atoms with Crippen molar-refractivity contribution in [3.63, 3.8) is 0 Å². The molecule has 1 aromatic rings. The van der Waals surface area contributed by atoms with E-state index in [-0.39, 0.29) is 15.5 Å². The van der Waals surface area contributed by atoms with Gasteiger partial charge in [0.25, 0.3) is 0 Å². The first-order chi connectivity index (χ1) is 7.27. The summed E-state index contributed by atoms with van der Waals surface area (Å²) < 4.78 is 27.4. The molecule has 0 amide bonds. The number of halogens is 1. The molecule has 0 heterocycles. The van der Waals surface area contributed by atoms with Crippen molar-refractivity contribution >= 4 is 27.4 Å². The highest BCUT2D eigenvalue weighted by atomic mass is 35.5. The largest absolute Gasteiger partial charge is 0.465 e. The molecule has 0 aliphatic rings. The van der Waals surface area contributed by atoms with Gasteiger partial charge >= 0.3 is 5.97 Å². The van der Waals surface area contributed by atoms with Crippen LogP contribution in [0, 0.1) is 6.92 Å². The molecule has 0 radical (unpaired) electrons. The summed E-state index contributed by atoms with van der Waals surface area (Å²) in [6.45, 7) is 1.63. The van der Waals surface area contributed by atoms with Crippen molar-refractivity contribution in [2.45, 2.75) is 11.8 Å². The van der Waals surface area contributed by atoms with Gasteiger partial charge in [0.05, 0.1) is 22.6 Å². The predicted octanol–water partition coefficient (Wildman–Crippen LogP) is 1.84. The predicted molar refractivity (Wildman–Crippen MR) is 60.6 cm³/mol. The smallest absolute Gasteiger partial charge is 0.337 e. The number of aryl methyl sites for hydroxylation is 1. The average molecular weight is 263 g/mol. The number of hydrogen-bond acceptors (Lipinski definition) is 4. The minimum atomic E-state index is -3.46. The van der Waals surface area contributed by atoms with Gasteiger partial charge in [-0.15, -0.1) is 0 Å². The van der Waals surface area contributed by atoms with Crippen molar-refractivity contribution in [1.29, 1.82) is 0 Å². The zero-order chi connectivity index (χ0) is 12.5. The van der Waals surface area contributed by atoms with Gasteiger partial charge in [0, 0.05) is 6.26 Å². The SMILES string of the molecule is COC(=O)c1cc(C)c(Cl)c(S(C)(=O)=O)c1. The molecule has 0 saturated heterocycles. The number of carbonyl (C=O) groups excluding carboxylic acids is 1. The molecule has 0 unspecified atom stereocenters. The Hall–Kier alpha value is -1.07. The highest BCUT2D eigenvalue weighted by molar-refractivity contribution is 7.90. The van der Waals surface area contributed by atoms with Gasteiger partial charge in [-0.3, -0.25) is 0 Å². The molecule has 0 aliphatic carbocycles. The average Bonchev–Trinajstić information content (AvgIpc) is 2.18. The molecular weight excluding hydrogens is 252 g/mol. The molecule has 0 bridgehead atoms. The molecule has 0 fully saturated rings. The lowest BCUT2D eigenvalue weighted by Crippen LogP contribution is -2.06. The van der Waals surface area contributed by atoms with Crippen LogP contribution >= 0.6 is 11.6 Å². The van der Waals surface area contributed by atoms with Crippen LogP contribution in [0.5, 0.6) is 0 Å². The molecule has 1 aromatic carbocycles. The van der Waals surface area contributed by atoms with Gasteiger partial charge in [0.1, 0.15) is 0 Å². The second kappa shape index (κ2) is 4.43. The summed E-state index contributed by atoms with van der Waals surface area (Å²) in [5, 5.41) is 0.134. The molecule has 0 aromatic heterocycles. The molecule has 0 spiro atoms. The lowest BCUT2D eigenvalue weighted by atomic mass is 10.1. The lowest BCUT2D eigenvalue weighted by molar-refractivity contribution is 0.0600. The Morgan fingerprint density at radius 1 is 1.38 bits per heavy atom. The second-order valence-corrected chi connectivity index (χ2v) is 5.73. The van der Waals surface area contributed by atoms with Crippen molar-refractivity contribution < 1.29 is 17.9 Å². The van der Waals surface area contributed by atoms with E-state index < -0.39 is 15.8 Å². The van der Waals surface area contributed by atoms with E-state index in [0.717, 1.165) is 6.26 Å². The summed E-state index contributed by atoms with van der Waals surface area (Å²) >= 11 is 5.87. The van der Waals surface area contributed by atoms with Crippen molar-refractivity contribution in [3.8, 4) is 0 Å². The maximum absolute atomic E-state index is 11.4. The zero-order valence-electron chi connectivity index (χ0n) is 9.07. The summed E-state index contributed by atoms with van der Waals surface area (Å²) in [7, 11) is -2.23. The molecular formula is C10H11ClO4S. The molecule has 1 rings (SSSR count). The van der Waals surface area contributed by atoms with Crippen LogP contribution in [-0.2, 0) is 14.6 Å². The van der Waals surface area contributed by atoms with E-state index in [4.69, 9.17) is 11.6 Å². The first-order valence-electron chi connectivity index (χ1n) is 4.36. The third kappa shape index (κ3) is 2.54. The number of ether oxygens (including phenoxy) is 1. The van der Waals surface area contributed by atoms with Crippen LogP contribution in [0.15, 0.2) is 17.0 Å². The molecule has 0 N–H and O–H groups in total. The topological polar surface area (TPSA) is 60.4 Å². The minimum absolute atomic E-state index is 0.0606. The molecule has 6 heteroatoms. The Bertz CT molecular complexity index is 534. The molecule has 0 saturated carbocycles. The van der Waals surface area contributed by atoms with Crippen molar-refractivity contribution in [3.05, 3.63) is 28.3 Å². The van der Waals surface area contributed by atoms with Crippen molar-refractivity contribution in [2.24, 2.45) is 0 Å². The second-order valence-electron chi connectivity index (χ2n) is 3.37. The molecule has 0 aliphatic heterocycles. The number of methoxy groups -OCH3 is 1. The monoisotopic (exact) mass is 262 g/mol. The van der Waals surface area contributed by atoms with Gasteiger partial charge < -0.3 is 4.74 Å². The normalized spacial score (nSPS) is 11.2. The van der Waals surface area contributed by atoms with Crippen LogP contribution in [-0.4, -0.2) is 27.8 Å². The highest BCUT2D eigenvalue weighted by Gasteiger charge is 2.18. The Balaban J connectivity index is 3.52. The van der Waals surface area contributed by atoms with Crippen molar-refractivity contribution in [2.75, 3.05) is 13.4 Å². The lowest BCUT2D eigenvalue weighted by Gasteiger charge is -2.07. The van der Waals surface area contributed by atoms with E-state index in [1.54, 1.807) is 6.92 Å². The quantitative estimate of drug-likeness (QED) is 0.763. The maximum atomic E-state index is 11.4. The van der Waals surface area contributed by atoms with Crippen LogP contribution in [0.1, 0.15) is 15.9 Å². The number of esters is 1. The maximum Gasteiger partial charge on any atom is 0.337 e. The zero-order valence-corrected chi connectivity index (χ0v) is 10.6. The summed E-state index contributed by atoms with van der Waals surface area (Å²) in [6, 6.07) is 2.71. The Kier molecular flexibility index (Phi) is 3.60. The number of carbonyl (C=O) groups is 1. The number of rotatable bonds is 2. The van der Waals surface area contributed by atoms with E-state index in [9.17, 15) is 13.2 Å². The van der Waals surface area contributed by atoms with E-state index in [2.05, 4.69) is 4.74 Å². The van der Waals surface area contributed by atoms with E-state index in [0.29, 0.717) is 5.56 Å². The summed E-state index contributed by atoms with van der Waals surface area (Å²) in [5.41, 5.74) is 0.690. The van der Waals surface area contributed by atoms with Gasteiger partial charge in [-0.05, 0) is 24.6 Å². The summed E-state index contributed by atoms with van der Waals surface area (Å²) in [5.74, 6) is -0.593. The van der Waals surface area contributed by atoms with Crippen molar-refractivity contribution in [1.82, 2.24) is 0 Å². The van der Waals surface area contributed by atoms with Gasteiger partial charge in [-0.1, -0.05) is 11.6 Å². The van der Waals surface area contributed by atoms with E-state index >= 15 is 0 Å². The summed E-state index contributed by atoms with van der Waals surface area (Å²) in [6.07, 6.45) is 1.04.